The van der Waals surface area contributed by atoms with E-state index in [1.807, 2.05) is 18.2 Å². The van der Waals surface area contributed by atoms with Gasteiger partial charge in [0.25, 0.3) is 0 Å². The SMILES string of the molecule is CCN(CC)C1CCC(Nc2nc(Nc3ccccc3C)nc3ccccc23)CC1. The molecule has 5 heteroatoms. The molecule has 30 heavy (non-hydrogen) atoms. The van der Waals surface area contributed by atoms with Gasteiger partial charge in [0.15, 0.2) is 0 Å². The number of para-hydroxylation sites is 2. The molecule has 3 aromatic rings. The van der Waals surface area contributed by atoms with Crippen molar-refractivity contribution in [2.45, 2.75) is 58.5 Å². The van der Waals surface area contributed by atoms with Gasteiger partial charge in [-0.15, -0.1) is 0 Å². The summed E-state index contributed by atoms with van der Waals surface area (Å²) < 4.78 is 0. The van der Waals surface area contributed by atoms with Crippen molar-refractivity contribution in [2.24, 2.45) is 0 Å². The fraction of sp³-hybridized carbons (Fsp3) is 0.440. The first kappa shape index (κ1) is 20.6. The van der Waals surface area contributed by atoms with E-state index in [4.69, 9.17) is 9.97 Å². The molecule has 2 aromatic carbocycles. The van der Waals surface area contributed by atoms with Crippen LogP contribution in [0.2, 0.25) is 0 Å². The molecule has 0 unspecified atom stereocenters. The highest BCUT2D eigenvalue weighted by molar-refractivity contribution is 5.90. The van der Waals surface area contributed by atoms with Gasteiger partial charge in [-0.1, -0.05) is 44.2 Å². The van der Waals surface area contributed by atoms with Gasteiger partial charge in [-0.05, 0) is 69.5 Å². The minimum absolute atomic E-state index is 0.460. The largest absolute Gasteiger partial charge is 0.367 e. The van der Waals surface area contributed by atoms with Crippen LogP contribution in [0.15, 0.2) is 48.5 Å². The lowest BCUT2D eigenvalue weighted by Crippen LogP contribution is -2.40. The van der Waals surface area contributed by atoms with Gasteiger partial charge in [0.1, 0.15) is 5.82 Å². The summed E-state index contributed by atoms with van der Waals surface area (Å²) >= 11 is 0. The third-order valence-electron chi connectivity index (χ3n) is 6.36. The van der Waals surface area contributed by atoms with E-state index in [9.17, 15) is 0 Å². The summed E-state index contributed by atoms with van der Waals surface area (Å²) in [6, 6.07) is 17.7. The molecule has 1 fully saturated rings. The van der Waals surface area contributed by atoms with Crippen molar-refractivity contribution in [3.8, 4) is 0 Å². The Bertz CT molecular complexity index is 974. The van der Waals surface area contributed by atoms with Crippen molar-refractivity contribution in [1.29, 1.82) is 0 Å². The third kappa shape index (κ3) is 4.57. The second-order valence-corrected chi connectivity index (χ2v) is 8.22. The van der Waals surface area contributed by atoms with Crippen LogP contribution in [-0.4, -0.2) is 40.0 Å². The van der Waals surface area contributed by atoms with Crippen LogP contribution in [-0.2, 0) is 0 Å². The number of nitrogens with zero attached hydrogens (tertiary/aromatic N) is 3. The number of nitrogens with one attached hydrogen (secondary N) is 2. The van der Waals surface area contributed by atoms with Crippen molar-refractivity contribution in [3.63, 3.8) is 0 Å². The van der Waals surface area contributed by atoms with Crippen LogP contribution >= 0.6 is 0 Å². The Labute approximate surface area is 179 Å². The number of hydrogen-bond donors (Lipinski definition) is 2. The lowest BCUT2D eigenvalue weighted by atomic mass is 9.90. The number of hydrogen-bond acceptors (Lipinski definition) is 5. The molecule has 1 heterocycles. The number of rotatable bonds is 7. The molecule has 0 saturated heterocycles. The van der Waals surface area contributed by atoms with E-state index in [1.54, 1.807) is 0 Å². The van der Waals surface area contributed by atoms with Crippen molar-refractivity contribution >= 4 is 28.4 Å². The zero-order chi connectivity index (χ0) is 20.9. The maximum absolute atomic E-state index is 4.87. The Kier molecular flexibility index (Phi) is 6.48. The maximum Gasteiger partial charge on any atom is 0.229 e. The van der Waals surface area contributed by atoms with Crippen LogP contribution in [0.3, 0.4) is 0 Å². The molecule has 4 rings (SSSR count). The standard InChI is InChI=1S/C25H33N5/c1-4-30(5-2)20-16-14-19(15-17-20)26-24-21-11-7-9-13-23(21)28-25(29-24)27-22-12-8-6-10-18(22)3/h6-13,19-20H,4-5,14-17H2,1-3H3,(H2,26,27,28,29). The van der Waals surface area contributed by atoms with Gasteiger partial charge in [-0.3, -0.25) is 0 Å². The van der Waals surface area contributed by atoms with Crippen molar-refractivity contribution in [1.82, 2.24) is 14.9 Å². The Balaban J connectivity index is 1.54. The maximum atomic E-state index is 4.87. The summed E-state index contributed by atoms with van der Waals surface area (Å²) in [5.74, 6) is 1.57. The molecule has 0 bridgehead atoms. The highest BCUT2D eigenvalue weighted by Gasteiger charge is 2.25. The number of anilines is 3. The Morgan fingerprint density at radius 3 is 2.33 bits per heavy atom. The average molecular weight is 404 g/mol. The van der Waals surface area contributed by atoms with Gasteiger partial charge in [-0.2, -0.15) is 4.98 Å². The smallest absolute Gasteiger partial charge is 0.229 e. The fourth-order valence-electron chi connectivity index (χ4n) is 4.59. The molecule has 0 amide bonds. The number of fused-ring (bicyclic) bond motifs is 1. The highest BCUT2D eigenvalue weighted by Crippen LogP contribution is 2.29. The van der Waals surface area contributed by atoms with E-state index in [0.717, 1.165) is 41.5 Å². The summed E-state index contributed by atoms with van der Waals surface area (Å²) in [7, 11) is 0. The van der Waals surface area contributed by atoms with Crippen LogP contribution in [0, 0.1) is 6.92 Å². The second kappa shape index (κ2) is 9.43. The zero-order valence-electron chi connectivity index (χ0n) is 18.4. The molecule has 1 aliphatic carbocycles. The minimum atomic E-state index is 0.460. The lowest BCUT2D eigenvalue weighted by Gasteiger charge is -2.36. The zero-order valence-corrected chi connectivity index (χ0v) is 18.4. The van der Waals surface area contributed by atoms with E-state index in [1.165, 1.54) is 31.2 Å². The Morgan fingerprint density at radius 2 is 1.60 bits per heavy atom. The van der Waals surface area contributed by atoms with Gasteiger partial charge < -0.3 is 15.5 Å². The van der Waals surface area contributed by atoms with Crippen LogP contribution < -0.4 is 10.6 Å². The summed E-state index contributed by atoms with van der Waals surface area (Å²) in [5.41, 5.74) is 3.18. The molecular formula is C25H33N5. The Morgan fingerprint density at radius 1 is 0.900 bits per heavy atom. The van der Waals surface area contributed by atoms with Gasteiger partial charge in [-0.25, -0.2) is 4.98 Å². The topological polar surface area (TPSA) is 53.1 Å². The van der Waals surface area contributed by atoms with Gasteiger partial charge >= 0.3 is 0 Å². The monoisotopic (exact) mass is 403 g/mol. The molecule has 0 aliphatic heterocycles. The average Bonchev–Trinajstić information content (AvgIpc) is 2.77. The van der Waals surface area contributed by atoms with E-state index in [2.05, 4.69) is 66.6 Å². The number of aryl methyl sites for hydroxylation is 1. The molecule has 0 radical (unpaired) electrons. The van der Waals surface area contributed by atoms with Crippen LogP contribution in [0.4, 0.5) is 17.5 Å². The van der Waals surface area contributed by atoms with E-state index < -0.39 is 0 Å². The molecular weight excluding hydrogens is 370 g/mol. The van der Waals surface area contributed by atoms with Gasteiger partial charge in [0.2, 0.25) is 5.95 Å². The molecule has 5 nitrogen and oxygen atoms in total. The van der Waals surface area contributed by atoms with Gasteiger partial charge in [0.05, 0.1) is 5.52 Å². The second-order valence-electron chi connectivity index (χ2n) is 8.22. The molecule has 0 atom stereocenters. The van der Waals surface area contributed by atoms with E-state index >= 15 is 0 Å². The Hall–Kier alpha value is -2.66. The van der Waals surface area contributed by atoms with E-state index in [-0.39, 0.29) is 0 Å². The van der Waals surface area contributed by atoms with Crippen LogP contribution in [0.25, 0.3) is 10.9 Å². The summed E-state index contributed by atoms with van der Waals surface area (Å²) in [5, 5.41) is 8.24. The third-order valence-corrected chi connectivity index (χ3v) is 6.36. The quantitative estimate of drug-likeness (QED) is 0.526. The van der Waals surface area contributed by atoms with Crippen molar-refractivity contribution in [2.75, 3.05) is 23.7 Å². The van der Waals surface area contributed by atoms with Gasteiger partial charge in [0, 0.05) is 23.2 Å². The lowest BCUT2D eigenvalue weighted by molar-refractivity contribution is 0.167. The molecule has 1 aromatic heterocycles. The summed E-state index contributed by atoms with van der Waals surface area (Å²) in [4.78, 5) is 12.2. The predicted octanol–water partition coefficient (Wildman–Crippen LogP) is 5.75. The minimum Gasteiger partial charge on any atom is -0.367 e. The molecule has 2 N–H and O–H groups in total. The number of aromatic nitrogens is 2. The molecule has 1 aliphatic rings. The van der Waals surface area contributed by atoms with E-state index in [0.29, 0.717) is 12.0 Å². The first-order valence-electron chi connectivity index (χ1n) is 11.3. The normalized spacial score (nSPS) is 19.2. The number of benzene rings is 2. The molecule has 0 spiro atoms. The van der Waals surface area contributed by atoms with Crippen molar-refractivity contribution < 1.29 is 0 Å². The summed E-state index contributed by atoms with van der Waals surface area (Å²) in [6.07, 6.45) is 4.85. The predicted molar refractivity (Wildman–Crippen MR) is 127 cm³/mol. The molecule has 1 saturated carbocycles. The first-order chi connectivity index (χ1) is 14.7. The van der Waals surface area contributed by atoms with Crippen LogP contribution in [0.1, 0.15) is 45.1 Å². The highest BCUT2D eigenvalue weighted by atomic mass is 15.2. The van der Waals surface area contributed by atoms with Crippen LogP contribution in [0.5, 0.6) is 0 Å². The first-order valence-corrected chi connectivity index (χ1v) is 11.3. The molecule has 158 valence electrons. The van der Waals surface area contributed by atoms with Crippen molar-refractivity contribution in [3.05, 3.63) is 54.1 Å². The summed E-state index contributed by atoms with van der Waals surface area (Å²) in [6.45, 7) is 8.91. The fourth-order valence-corrected chi connectivity index (χ4v) is 4.59.